The molecule has 4 rings (SSSR count). The lowest BCUT2D eigenvalue weighted by atomic mass is 9.89. The normalized spacial score (nSPS) is 25.6. The Balaban J connectivity index is 1.79. The third-order valence-corrected chi connectivity index (χ3v) is 10.6. The van der Waals surface area contributed by atoms with Crippen LogP contribution < -0.4 is 15.4 Å². The van der Waals surface area contributed by atoms with Crippen LogP contribution in [0.5, 0.6) is 0 Å². The number of hydrogen-bond donors (Lipinski definition) is 5. The number of pyridine rings is 2. The molecular weight excluding hydrogens is 470 g/mol. The summed E-state index contributed by atoms with van der Waals surface area (Å²) in [6.07, 6.45) is -0.0997. The number of fused-ring (bicyclic) bond motifs is 1. The molecule has 2 aliphatic rings. The fraction of sp³-hybridized carbons (Fsp3) is 0.381. The molecule has 0 aromatic carbocycles. The second kappa shape index (κ2) is 8.17. The van der Waals surface area contributed by atoms with E-state index in [0.717, 1.165) is 18.3 Å². The monoisotopic (exact) mass is 494 g/mol. The molecule has 34 heavy (non-hydrogen) atoms. The van der Waals surface area contributed by atoms with Crippen molar-refractivity contribution in [2.24, 2.45) is 4.99 Å². The Kier molecular flexibility index (Phi) is 5.72. The molecule has 1 fully saturated rings. The molecule has 10 nitrogen and oxygen atoms in total. The average molecular weight is 495 g/mol. The third-order valence-electron chi connectivity index (χ3n) is 6.36. The van der Waals surface area contributed by atoms with Crippen LogP contribution in [0.1, 0.15) is 43.4 Å². The molecule has 182 valence electrons. The maximum absolute atomic E-state index is 15.1. The predicted molar refractivity (Wildman–Crippen MR) is 122 cm³/mol. The van der Waals surface area contributed by atoms with Crippen LogP contribution in [0.2, 0.25) is 0 Å². The number of nitrogens with zero attached hydrogens (tertiary/aromatic N) is 3. The number of carboxylic acid groups (broad SMARTS) is 1. The van der Waals surface area contributed by atoms with Crippen molar-refractivity contribution in [1.82, 2.24) is 20.0 Å². The molecule has 2 aromatic heterocycles. The molecule has 2 atom stereocenters. The minimum absolute atomic E-state index is 0.0256. The van der Waals surface area contributed by atoms with Crippen molar-refractivity contribution in [2.45, 2.75) is 42.7 Å². The van der Waals surface area contributed by atoms with E-state index in [0.29, 0.717) is 13.0 Å². The van der Waals surface area contributed by atoms with Crippen molar-refractivity contribution in [3.8, 4) is 0 Å². The van der Waals surface area contributed by atoms with E-state index in [4.69, 9.17) is 0 Å². The quantitative estimate of drug-likeness (QED) is 0.413. The molecule has 13 heteroatoms. The molecule has 2 aliphatic heterocycles. The topological polar surface area (TPSA) is 146 Å². The minimum Gasteiger partial charge on any atom is -0.465 e. The van der Waals surface area contributed by atoms with Gasteiger partial charge in [-0.25, -0.2) is 23.5 Å². The van der Waals surface area contributed by atoms with Gasteiger partial charge in [0.05, 0.1) is 16.2 Å². The summed E-state index contributed by atoms with van der Waals surface area (Å²) >= 11 is 0. The first kappa shape index (κ1) is 23.8. The molecule has 4 heterocycles. The van der Waals surface area contributed by atoms with Gasteiger partial charge in [-0.15, -0.1) is 0 Å². The van der Waals surface area contributed by atoms with E-state index >= 15 is 4.39 Å². The number of amidine groups is 1. The van der Waals surface area contributed by atoms with Gasteiger partial charge >= 0.3 is 6.09 Å². The first-order valence-corrected chi connectivity index (χ1v) is 12.2. The fourth-order valence-corrected chi connectivity index (χ4v) is 8.19. The smallest absolute Gasteiger partial charge is 0.410 e. The van der Waals surface area contributed by atoms with Gasteiger partial charge in [0, 0.05) is 6.54 Å². The maximum atomic E-state index is 15.1. The van der Waals surface area contributed by atoms with Gasteiger partial charge in [-0.3, -0.25) is 24.0 Å². The van der Waals surface area contributed by atoms with Crippen LogP contribution in [-0.4, -0.2) is 53.7 Å². The van der Waals surface area contributed by atoms with Crippen molar-refractivity contribution in [1.29, 1.82) is 0 Å². The lowest BCUT2D eigenvalue weighted by Crippen LogP contribution is -2.66. The Morgan fingerprint density at radius 2 is 1.91 bits per heavy atom. The SMILES string of the molecule is CC1(C)C(NC(=O)O)=N[C@](C)(c2nc(NC(=O)c3ccc(F)cn3)ccc2F)[C@H]2CCN[SH]21=O. The van der Waals surface area contributed by atoms with E-state index in [-0.39, 0.29) is 23.0 Å². The van der Waals surface area contributed by atoms with Crippen molar-refractivity contribution >= 4 is 33.8 Å². The molecule has 0 radical (unpaired) electrons. The molecule has 2 amide bonds. The van der Waals surface area contributed by atoms with Crippen LogP contribution in [-0.2, 0) is 15.7 Å². The molecule has 4 N–H and O–H groups in total. The maximum Gasteiger partial charge on any atom is 0.410 e. The predicted octanol–water partition coefficient (Wildman–Crippen LogP) is 1.97. The minimum atomic E-state index is -3.34. The van der Waals surface area contributed by atoms with E-state index in [1.165, 1.54) is 12.1 Å². The van der Waals surface area contributed by atoms with Gasteiger partial charge in [-0.2, -0.15) is 0 Å². The van der Waals surface area contributed by atoms with E-state index in [1.54, 1.807) is 20.8 Å². The van der Waals surface area contributed by atoms with Crippen molar-refractivity contribution in [3.63, 3.8) is 0 Å². The summed E-state index contributed by atoms with van der Waals surface area (Å²) in [5, 5.41) is 13.4. The lowest BCUT2D eigenvalue weighted by Gasteiger charge is -2.50. The zero-order chi connectivity index (χ0) is 24.9. The Morgan fingerprint density at radius 3 is 2.56 bits per heavy atom. The van der Waals surface area contributed by atoms with E-state index in [9.17, 15) is 23.3 Å². The Labute approximate surface area is 194 Å². The van der Waals surface area contributed by atoms with Gasteiger partial charge in [0.15, 0.2) is 0 Å². The Morgan fingerprint density at radius 1 is 1.18 bits per heavy atom. The molecule has 2 aromatic rings. The highest BCUT2D eigenvalue weighted by Gasteiger charge is 2.59. The summed E-state index contributed by atoms with van der Waals surface area (Å²) in [6.45, 7) is 5.19. The third kappa shape index (κ3) is 3.74. The highest BCUT2D eigenvalue weighted by Crippen LogP contribution is 2.48. The first-order chi connectivity index (χ1) is 15.9. The number of carbonyl (C=O) groups is 2. The van der Waals surface area contributed by atoms with E-state index in [1.807, 2.05) is 0 Å². The first-order valence-electron chi connectivity index (χ1n) is 10.4. The summed E-state index contributed by atoms with van der Waals surface area (Å²) in [5.41, 5.74) is -1.76. The Bertz CT molecular complexity index is 1250. The van der Waals surface area contributed by atoms with Gasteiger partial charge in [-0.05, 0) is 61.6 Å². The highest BCUT2D eigenvalue weighted by molar-refractivity contribution is 8.04. The van der Waals surface area contributed by atoms with Crippen LogP contribution >= 0.6 is 0 Å². The highest BCUT2D eigenvalue weighted by atomic mass is 32.3. The summed E-state index contributed by atoms with van der Waals surface area (Å²) < 4.78 is 44.2. The van der Waals surface area contributed by atoms with Crippen LogP contribution in [0.3, 0.4) is 0 Å². The van der Waals surface area contributed by atoms with Crippen LogP contribution in [0.4, 0.5) is 19.4 Å². The van der Waals surface area contributed by atoms with Crippen LogP contribution in [0, 0.1) is 11.6 Å². The number of anilines is 1. The van der Waals surface area contributed by atoms with Crippen molar-refractivity contribution in [3.05, 3.63) is 53.5 Å². The zero-order valence-electron chi connectivity index (χ0n) is 18.6. The number of aromatic nitrogens is 2. The Hall–Kier alpha value is -3.32. The van der Waals surface area contributed by atoms with E-state index < -0.39 is 49.3 Å². The van der Waals surface area contributed by atoms with Gasteiger partial charge in [0.2, 0.25) is 0 Å². The number of hydrogen-bond acceptors (Lipinski definition) is 6. The van der Waals surface area contributed by atoms with Gasteiger partial charge in [-0.1, -0.05) is 0 Å². The number of carbonyl (C=O) groups excluding carboxylic acids is 1. The number of nitrogens with one attached hydrogen (secondary N) is 3. The van der Waals surface area contributed by atoms with Gasteiger partial charge < -0.3 is 10.4 Å². The number of halogens is 2. The number of thiol groups is 1. The van der Waals surface area contributed by atoms with Crippen LogP contribution in [0.15, 0.2) is 35.5 Å². The average Bonchev–Trinajstić information content (AvgIpc) is 3.18. The standard InChI is InChI=1S/C21H24F2N6O4S/c1-20(2)18(28-19(31)32)29-21(3,14-8-9-25-34(14,20)33)16-12(23)5-7-15(26-16)27-17(30)13-6-4-11(22)10-24-13/h4-7,10,14,34H,8-9H2,1-3H3,(H,25,33)(H,28,29)(H,31,32)(H,26,27,30)/t14-,21+/m1/s1. The van der Waals surface area contributed by atoms with E-state index in [2.05, 4.69) is 30.3 Å². The van der Waals surface area contributed by atoms with Gasteiger partial charge in [0.1, 0.15) is 40.2 Å². The van der Waals surface area contributed by atoms with Gasteiger partial charge in [0.25, 0.3) is 5.91 Å². The molecule has 0 unspecified atom stereocenters. The molecular formula is C21H24F2N6O4S. The molecule has 0 bridgehead atoms. The second-order valence-corrected chi connectivity index (χ2v) is 12.2. The van der Waals surface area contributed by atoms with Crippen molar-refractivity contribution in [2.75, 3.05) is 11.9 Å². The molecule has 1 saturated heterocycles. The summed E-state index contributed by atoms with van der Waals surface area (Å²) in [7, 11) is -3.34. The van der Waals surface area contributed by atoms with Crippen LogP contribution in [0.25, 0.3) is 0 Å². The summed E-state index contributed by atoms with van der Waals surface area (Å²) in [4.78, 5) is 36.4. The summed E-state index contributed by atoms with van der Waals surface area (Å²) in [6, 6.07) is 4.60. The number of aliphatic imine (C=N–C) groups is 1. The zero-order valence-corrected chi connectivity index (χ0v) is 19.5. The lowest BCUT2D eigenvalue weighted by molar-refractivity contribution is 0.102. The molecule has 0 aliphatic carbocycles. The fourth-order valence-electron chi connectivity index (χ4n) is 4.53. The summed E-state index contributed by atoms with van der Waals surface area (Å²) in [5.74, 6) is -2.14. The molecule has 0 spiro atoms. The second-order valence-electron chi connectivity index (χ2n) is 8.81. The molecule has 0 saturated carbocycles. The largest absolute Gasteiger partial charge is 0.465 e. The van der Waals surface area contributed by atoms with Crippen molar-refractivity contribution < 1.29 is 27.7 Å². The number of rotatable bonds is 3. The number of amides is 2.